The van der Waals surface area contributed by atoms with E-state index in [9.17, 15) is 18.0 Å². The highest BCUT2D eigenvalue weighted by Crippen LogP contribution is 2.10. The van der Waals surface area contributed by atoms with E-state index >= 15 is 0 Å². The van der Waals surface area contributed by atoms with Crippen LogP contribution in [0.25, 0.3) is 0 Å². The third-order valence-corrected chi connectivity index (χ3v) is 4.76. The van der Waals surface area contributed by atoms with Crippen molar-refractivity contribution in [2.75, 3.05) is 24.2 Å². The molecule has 2 N–H and O–H groups in total. The van der Waals surface area contributed by atoms with Gasteiger partial charge in [0.1, 0.15) is 5.75 Å². The summed E-state index contributed by atoms with van der Waals surface area (Å²) in [6.45, 7) is 4.01. The van der Waals surface area contributed by atoms with Crippen molar-refractivity contribution >= 4 is 27.6 Å². The van der Waals surface area contributed by atoms with Gasteiger partial charge in [-0.2, -0.15) is 0 Å². The van der Waals surface area contributed by atoms with E-state index < -0.39 is 27.7 Å². The lowest BCUT2D eigenvalue weighted by molar-refractivity contribution is -0.113. The summed E-state index contributed by atoms with van der Waals surface area (Å²) in [5.41, 5.74) is 0.434. The van der Waals surface area contributed by atoms with E-state index in [1.165, 1.54) is 28.6 Å². The monoisotopic (exact) mass is 314 g/mol. The molecular formula is C13H18N2O5S. The predicted molar refractivity (Wildman–Crippen MR) is 78.7 cm³/mol. The van der Waals surface area contributed by atoms with Gasteiger partial charge in [0.05, 0.1) is 5.56 Å². The van der Waals surface area contributed by atoms with Crippen LogP contribution in [0, 0.1) is 0 Å². The number of rotatable bonds is 7. The molecule has 8 heteroatoms. The molecule has 0 saturated heterocycles. The Morgan fingerprint density at radius 2 is 1.67 bits per heavy atom. The van der Waals surface area contributed by atoms with Crippen molar-refractivity contribution in [1.29, 1.82) is 0 Å². The number of amides is 1. The summed E-state index contributed by atoms with van der Waals surface area (Å²) in [7, 11) is -3.64. The molecule has 0 aliphatic heterocycles. The number of aromatic carboxylic acids is 1. The lowest BCUT2D eigenvalue weighted by atomic mass is 10.2. The summed E-state index contributed by atoms with van der Waals surface area (Å²) in [4.78, 5) is 22.4. The SMILES string of the molecule is CCN(CC)S(=O)(=O)CC(=O)Nc1ccc(C(=O)O)cc1. The largest absolute Gasteiger partial charge is 0.478 e. The van der Waals surface area contributed by atoms with Crippen LogP contribution >= 0.6 is 0 Å². The topological polar surface area (TPSA) is 104 Å². The summed E-state index contributed by atoms with van der Waals surface area (Å²) in [5, 5.41) is 11.2. The Kier molecular flexibility index (Phi) is 5.86. The molecule has 0 saturated carbocycles. The first-order valence-electron chi connectivity index (χ1n) is 6.41. The number of anilines is 1. The molecule has 0 radical (unpaired) electrons. The first-order chi connectivity index (χ1) is 9.80. The lowest BCUT2D eigenvalue weighted by Crippen LogP contribution is -2.36. The van der Waals surface area contributed by atoms with E-state index in [2.05, 4.69) is 5.32 Å². The standard InChI is InChI=1S/C13H18N2O5S/c1-3-15(4-2)21(19,20)9-12(16)14-11-7-5-10(6-8-11)13(17)18/h5-8H,3-4,9H2,1-2H3,(H,14,16)(H,17,18). The highest BCUT2D eigenvalue weighted by atomic mass is 32.2. The van der Waals surface area contributed by atoms with Gasteiger partial charge in [0.25, 0.3) is 0 Å². The van der Waals surface area contributed by atoms with Crippen LogP contribution in [-0.2, 0) is 14.8 Å². The molecule has 0 heterocycles. The molecule has 1 rings (SSSR count). The van der Waals surface area contributed by atoms with Crippen molar-refractivity contribution in [1.82, 2.24) is 4.31 Å². The predicted octanol–water partition coefficient (Wildman–Crippen LogP) is 0.995. The van der Waals surface area contributed by atoms with Crippen LogP contribution in [0.3, 0.4) is 0 Å². The molecule has 1 aromatic rings. The fourth-order valence-corrected chi connectivity index (χ4v) is 3.14. The molecule has 0 aliphatic carbocycles. The minimum absolute atomic E-state index is 0.0868. The molecule has 116 valence electrons. The molecule has 1 aromatic carbocycles. The van der Waals surface area contributed by atoms with Crippen molar-refractivity contribution in [3.63, 3.8) is 0 Å². The number of benzene rings is 1. The molecule has 0 bridgehead atoms. The zero-order chi connectivity index (χ0) is 16.0. The van der Waals surface area contributed by atoms with Gasteiger partial charge in [-0.3, -0.25) is 4.79 Å². The summed E-state index contributed by atoms with van der Waals surface area (Å²) in [6.07, 6.45) is 0. The van der Waals surface area contributed by atoms with E-state index in [0.717, 1.165) is 0 Å². The number of carboxylic acid groups (broad SMARTS) is 1. The number of hydrogen-bond donors (Lipinski definition) is 2. The van der Waals surface area contributed by atoms with E-state index in [0.29, 0.717) is 18.8 Å². The maximum Gasteiger partial charge on any atom is 0.335 e. The summed E-state index contributed by atoms with van der Waals surface area (Å²) < 4.78 is 25.1. The number of carbonyl (C=O) groups excluding carboxylic acids is 1. The lowest BCUT2D eigenvalue weighted by Gasteiger charge is -2.17. The van der Waals surface area contributed by atoms with Crippen molar-refractivity contribution in [2.45, 2.75) is 13.8 Å². The molecule has 0 unspecified atom stereocenters. The molecular weight excluding hydrogens is 296 g/mol. The van der Waals surface area contributed by atoms with Gasteiger partial charge < -0.3 is 10.4 Å². The smallest absolute Gasteiger partial charge is 0.335 e. The third kappa shape index (κ3) is 4.83. The van der Waals surface area contributed by atoms with E-state index in [4.69, 9.17) is 5.11 Å². The van der Waals surface area contributed by atoms with Crippen LogP contribution in [0.1, 0.15) is 24.2 Å². The summed E-state index contributed by atoms with van der Waals surface area (Å²) >= 11 is 0. The quantitative estimate of drug-likeness (QED) is 0.781. The van der Waals surface area contributed by atoms with Crippen LogP contribution in [0.15, 0.2) is 24.3 Å². The molecule has 7 nitrogen and oxygen atoms in total. The van der Waals surface area contributed by atoms with Crippen LogP contribution in [-0.4, -0.2) is 48.5 Å². The van der Waals surface area contributed by atoms with Gasteiger partial charge in [-0.15, -0.1) is 0 Å². The van der Waals surface area contributed by atoms with Gasteiger partial charge >= 0.3 is 5.97 Å². The number of hydrogen-bond acceptors (Lipinski definition) is 4. The molecule has 0 aliphatic rings. The minimum Gasteiger partial charge on any atom is -0.478 e. The Labute approximate surface area is 123 Å². The number of carboxylic acids is 1. The first-order valence-corrected chi connectivity index (χ1v) is 8.02. The molecule has 0 aromatic heterocycles. The Hall–Kier alpha value is -1.93. The van der Waals surface area contributed by atoms with E-state index in [1.807, 2.05) is 0 Å². The third-order valence-electron chi connectivity index (χ3n) is 2.83. The molecule has 0 spiro atoms. The highest BCUT2D eigenvalue weighted by molar-refractivity contribution is 7.89. The van der Waals surface area contributed by atoms with Crippen molar-refractivity contribution in [3.8, 4) is 0 Å². The number of sulfonamides is 1. The van der Waals surface area contributed by atoms with E-state index in [1.54, 1.807) is 13.8 Å². The fourth-order valence-electron chi connectivity index (χ4n) is 1.77. The zero-order valence-electron chi connectivity index (χ0n) is 11.9. The molecule has 1 amide bonds. The Morgan fingerprint density at radius 3 is 2.10 bits per heavy atom. The van der Waals surface area contributed by atoms with Crippen LogP contribution < -0.4 is 5.32 Å². The second kappa shape index (κ2) is 7.19. The Morgan fingerprint density at radius 1 is 1.14 bits per heavy atom. The summed E-state index contributed by atoms with van der Waals surface area (Å²) in [5.74, 6) is -2.38. The maximum absolute atomic E-state index is 11.9. The Balaban J connectivity index is 2.71. The van der Waals surface area contributed by atoms with Gasteiger partial charge in [-0.25, -0.2) is 17.5 Å². The van der Waals surface area contributed by atoms with Crippen LogP contribution in [0.2, 0.25) is 0 Å². The van der Waals surface area contributed by atoms with Crippen LogP contribution in [0.4, 0.5) is 5.69 Å². The van der Waals surface area contributed by atoms with Crippen molar-refractivity contribution in [2.24, 2.45) is 0 Å². The van der Waals surface area contributed by atoms with Gasteiger partial charge in [0.15, 0.2) is 0 Å². The molecule has 0 atom stereocenters. The van der Waals surface area contributed by atoms with Gasteiger partial charge in [-0.05, 0) is 24.3 Å². The van der Waals surface area contributed by atoms with Crippen molar-refractivity contribution < 1.29 is 23.1 Å². The fraction of sp³-hybridized carbons (Fsp3) is 0.385. The Bertz CT molecular complexity index is 606. The number of carbonyl (C=O) groups is 2. The molecule has 21 heavy (non-hydrogen) atoms. The zero-order valence-corrected chi connectivity index (χ0v) is 12.7. The summed E-state index contributed by atoms with van der Waals surface area (Å²) in [6, 6.07) is 5.48. The van der Waals surface area contributed by atoms with Gasteiger partial charge in [0, 0.05) is 18.8 Å². The molecule has 0 fully saturated rings. The number of nitrogens with one attached hydrogen (secondary N) is 1. The van der Waals surface area contributed by atoms with Gasteiger partial charge in [-0.1, -0.05) is 13.8 Å². The maximum atomic E-state index is 11.9. The highest BCUT2D eigenvalue weighted by Gasteiger charge is 2.22. The average molecular weight is 314 g/mol. The number of nitrogens with zero attached hydrogens (tertiary/aromatic N) is 1. The average Bonchev–Trinajstić information content (AvgIpc) is 2.39. The second-order valence-corrected chi connectivity index (χ2v) is 6.24. The van der Waals surface area contributed by atoms with Crippen molar-refractivity contribution in [3.05, 3.63) is 29.8 Å². The van der Waals surface area contributed by atoms with Gasteiger partial charge in [0.2, 0.25) is 15.9 Å². The normalized spacial score (nSPS) is 11.4. The second-order valence-electron chi connectivity index (χ2n) is 4.27. The first kappa shape index (κ1) is 17.1. The van der Waals surface area contributed by atoms with E-state index in [-0.39, 0.29) is 5.56 Å². The van der Waals surface area contributed by atoms with Crippen LogP contribution in [0.5, 0.6) is 0 Å². The minimum atomic E-state index is -3.64.